The molecule has 0 saturated carbocycles. The third kappa shape index (κ3) is 4.70. The lowest BCUT2D eigenvalue weighted by atomic mass is 9.92. The molecule has 0 amide bonds. The van der Waals surface area contributed by atoms with Crippen LogP contribution in [-0.2, 0) is 0 Å². The zero-order valence-electron chi connectivity index (χ0n) is 28.8. The molecule has 0 spiro atoms. The molecular weight excluding hydrogens is 651 g/mol. The lowest BCUT2D eigenvalue weighted by Crippen LogP contribution is -2.50. The normalized spacial score (nSPS) is 13.0. The maximum atomic E-state index is 6.71. The molecule has 0 aliphatic carbocycles. The molecule has 246 valence electrons. The largest absolute Gasteiger partial charge is 0.455 e. The minimum Gasteiger partial charge on any atom is -0.455 e. The van der Waals surface area contributed by atoms with Crippen LogP contribution in [0.3, 0.4) is 0 Å². The zero-order chi connectivity index (χ0) is 34.8. The van der Waals surface area contributed by atoms with Crippen LogP contribution >= 0.6 is 0 Å². The van der Waals surface area contributed by atoms with Gasteiger partial charge in [-0.3, -0.25) is 0 Å². The molecule has 2 aromatic heterocycles. The van der Waals surface area contributed by atoms with Gasteiger partial charge in [0.15, 0.2) is 17.5 Å². The molecule has 4 nitrogen and oxygen atoms in total. The molecule has 1 aliphatic heterocycles. The second-order valence-electron chi connectivity index (χ2n) is 13.9. The van der Waals surface area contributed by atoms with Gasteiger partial charge >= 0.3 is 0 Å². The summed E-state index contributed by atoms with van der Waals surface area (Å²) in [6, 6.07) is 57.4. The molecule has 7 aromatic carbocycles. The van der Waals surface area contributed by atoms with Crippen molar-refractivity contribution in [2.24, 2.45) is 0 Å². The molecule has 0 fully saturated rings. The predicted molar refractivity (Wildman–Crippen MR) is 216 cm³/mol. The molecule has 0 saturated heterocycles. The highest BCUT2D eigenvalue weighted by Crippen LogP contribution is 2.43. The van der Waals surface area contributed by atoms with Gasteiger partial charge in [-0.05, 0) is 55.9 Å². The van der Waals surface area contributed by atoms with E-state index in [1.807, 2.05) is 36.4 Å². The van der Waals surface area contributed by atoms with E-state index in [0.29, 0.717) is 17.5 Å². The summed E-state index contributed by atoms with van der Waals surface area (Å²) in [6.07, 6.45) is 0. The van der Waals surface area contributed by atoms with E-state index >= 15 is 0 Å². The summed E-state index contributed by atoms with van der Waals surface area (Å²) in [4.78, 5) is 15.8. The Morgan fingerprint density at radius 3 is 1.67 bits per heavy atom. The second-order valence-corrected chi connectivity index (χ2v) is 18.2. The van der Waals surface area contributed by atoms with Crippen molar-refractivity contribution in [1.82, 2.24) is 15.0 Å². The first kappa shape index (κ1) is 30.4. The molecule has 0 atom stereocenters. The van der Waals surface area contributed by atoms with Crippen molar-refractivity contribution in [1.29, 1.82) is 0 Å². The number of fused-ring (bicyclic) bond motifs is 6. The lowest BCUT2D eigenvalue weighted by Gasteiger charge is -2.23. The average molecular weight is 684 g/mol. The lowest BCUT2D eigenvalue weighted by molar-refractivity contribution is 0.669. The van der Waals surface area contributed by atoms with E-state index in [1.54, 1.807) is 0 Å². The summed E-state index contributed by atoms with van der Waals surface area (Å²) in [7, 11) is -2.20. The van der Waals surface area contributed by atoms with Crippen LogP contribution < -0.4 is 10.4 Å². The van der Waals surface area contributed by atoms with Crippen LogP contribution in [0.5, 0.6) is 0 Å². The fourth-order valence-electron chi connectivity index (χ4n) is 8.15. The molecule has 52 heavy (non-hydrogen) atoms. The summed E-state index contributed by atoms with van der Waals surface area (Å²) in [6.45, 7) is 4.91. The van der Waals surface area contributed by atoms with Gasteiger partial charge in [0.25, 0.3) is 0 Å². The molecule has 0 unspecified atom stereocenters. The molecule has 0 bridgehead atoms. The van der Waals surface area contributed by atoms with Crippen LogP contribution in [-0.4, -0.2) is 23.0 Å². The fourth-order valence-corrected chi connectivity index (χ4v) is 11.6. The molecule has 10 rings (SSSR count). The van der Waals surface area contributed by atoms with Crippen molar-refractivity contribution >= 4 is 40.4 Å². The maximum absolute atomic E-state index is 6.71. The number of para-hydroxylation sites is 1. The number of nitrogens with zero attached hydrogens (tertiary/aromatic N) is 3. The second kappa shape index (κ2) is 11.8. The Labute approximate surface area is 303 Å². The number of aromatic nitrogens is 3. The first-order chi connectivity index (χ1) is 25.6. The van der Waals surface area contributed by atoms with Crippen molar-refractivity contribution in [3.05, 3.63) is 164 Å². The van der Waals surface area contributed by atoms with Crippen molar-refractivity contribution in [2.75, 3.05) is 0 Å². The molecule has 9 aromatic rings. The number of furan rings is 1. The summed E-state index contributed by atoms with van der Waals surface area (Å²) < 4.78 is 6.71. The van der Waals surface area contributed by atoms with E-state index in [-0.39, 0.29) is 0 Å². The van der Waals surface area contributed by atoms with E-state index < -0.39 is 8.07 Å². The monoisotopic (exact) mass is 683 g/mol. The van der Waals surface area contributed by atoms with Crippen LogP contribution in [0.25, 0.3) is 89.5 Å². The predicted octanol–water partition coefficient (Wildman–Crippen LogP) is 10.9. The van der Waals surface area contributed by atoms with E-state index in [2.05, 4.69) is 140 Å². The van der Waals surface area contributed by atoms with Gasteiger partial charge in [-0.15, -0.1) is 0 Å². The highest BCUT2D eigenvalue weighted by Gasteiger charge is 2.41. The topological polar surface area (TPSA) is 51.8 Å². The van der Waals surface area contributed by atoms with Crippen LogP contribution in [0.15, 0.2) is 168 Å². The van der Waals surface area contributed by atoms with Crippen molar-refractivity contribution in [3.8, 4) is 67.5 Å². The van der Waals surface area contributed by atoms with Crippen LogP contribution in [0.2, 0.25) is 13.1 Å². The number of rotatable bonds is 5. The first-order valence-electron chi connectivity index (χ1n) is 17.7. The summed E-state index contributed by atoms with van der Waals surface area (Å²) in [5, 5.41) is 4.92. The Morgan fingerprint density at radius 2 is 0.942 bits per heavy atom. The highest BCUT2D eigenvalue weighted by atomic mass is 28.3. The number of hydrogen-bond acceptors (Lipinski definition) is 4. The van der Waals surface area contributed by atoms with Crippen LogP contribution in [0.1, 0.15) is 0 Å². The number of hydrogen-bond donors (Lipinski definition) is 0. The van der Waals surface area contributed by atoms with Gasteiger partial charge in [0.05, 0.1) is 5.56 Å². The summed E-state index contributed by atoms with van der Waals surface area (Å²) in [5.74, 6) is 1.89. The Kier molecular flexibility index (Phi) is 6.91. The minimum absolute atomic E-state index is 0.586. The third-order valence-electron chi connectivity index (χ3n) is 10.5. The fraction of sp³-hybridized carbons (Fsp3) is 0.0426. The highest BCUT2D eigenvalue weighted by molar-refractivity contribution is 7.04. The maximum Gasteiger partial charge on any atom is 0.167 e. The molecule has 1 aliphatic rings. The Balaban J connectivity index is 1.27. The van der Waals surface area contributed by atoms with E-state index in [4.69, 9.17) is 19.4 Å². The Bertz CT molecular complexity index is 2810. The van der Waals surface area contributed by atoms with Gasteiger partial charge in [0.2, 0.25) is 0 Å². The minimum atomic E-state index is -2.20. The smallest absolute Gasteiger partial charge is 0.167 e. The average Bonchev–Trinajstić information content (AvgIpc) is 3.71. The molecular formula is C47H33N3OSi. The number of benzene rings is 7. The van der Waals surface area contributed by atoms with E-state index in [9.17, 15) is 0 Å². The summed E-state index contributed by atoms with van der Waals surface area (Å²) >= 11 is 0. The van der Waals surface area contributed by atoms with Crippen molar-refractivity contribution < 1.29 is 4.42 Å². The Morgan fingerprint density at radius 1 is 0.423 bits per heavy atom. The molecule has 3 heterocycles. The zero-order valence-corrected chi connectivity index (χ0v) is 29.8. The van der Waals surface area contributed by atoms with Crippen molar-refractivity contribution in [3.63, 3.8) is 0 Å². The van der Waals surface area contributed by atoms with Crippen molar-refractivity contribution in [2.45, 2.75) is 13.1 Å². The SMILES string of the molecule is C[Si]1(C)c2ccccc2-c2c(-c3ccccc3)ccc(-c3nc(-c4ccccc4)nc(-c4ccc(-c5ccccc5)c5c4oc4ccccc45)n3)c21. The van der Waals surface area contributed by atoms with E-state index in [1.165, 1.54) is 32.6 Å². The Hall–Kier alpha value is -6.43. The van der Waals surface area contributed by atoms with Gasteiger partial charge < -0.3 is 4.42 Å². The first-order valence-corrected chi connectivity index (χ1v) is 20.7. The van der Waals surface area contributed by atoms with Crippen LogP contribution in [0, 0.1) is 0 Å². The van der Waals surface area contributed by atoms with Gasteiger partial charge in [-0.25, -0.2) is 15.0 Å². The van der Waals surface area contributed by atoms with Gasteiger partial charge in [0, 0.05) is 21.9 Å². The quantitative estimate of drug-likeness (QED) is 0.169. The summed E-state index contributed by atoms with van der Waals surface area (Å²) in [5.41, 5.74) is 11.7. The van der Waals surface area contributed by atoms with E-state index in [0.717, 1.165) is 49.8 Å². The molecule has 5 heteroatoms. The molecule has 0 N–H and O–H groups in total. The standard InChI is InChI=1S/C47H33N3OSi/c1-52(2)40-25-15-13-23-36(40)42-34(31-18-8-4-9-19-31)27-29-38(44(42)52)47-49-45(32-20-10-5-11-21-32)48-46(50-47)37-28-26-33(30-16-6-3-7-17-30)41-35-22-12-14-24-39(35)51-43(37)41/h3-29H,1-2H3. The van der Waals surface area contributed by atoms with Gasteiger partial charge in [-0.2, -0.15) is 0 Å². The third-order valence-corrected chi connectivity index (χ3v) is 14.1. The van der Waals surface area contributed by atoms with Gasteiger partial charge in [0.1, 0.15) is 19.2 Å². The molecule has 0 radical (unpaired) electrons. The van der Waals surface area contributed by atoms with Crippen LogP contribution in [0.4, 0.5) is 0 Å². The van der Waals surface area contributed by atoms with Gasteiger partial charge in [-0.1, -0.05) is 165 Å².